The molecule has 8 heteroatoms. The van der Waals surface area contributed by atoms with Gasteiger partial charge in [-0.3, -0.25) is 0 Å². The minimum absolute atomic E-state index is 0.0112. The van der Waals surface area contributed by atoms with Gasteiger partial charge in [0.1, 0.15) is 0 Å². The molecule has 8 atom stereocenters. The van der Waals surface area contributed by atoms with Crippen molar-refractivity contribution in [3.63, 3.8) is 0 Å². The highest BCUT2D eigenvalue weighted by molar-refractivity contribution is 5.25. The van der Waals surface area contributed by atoms with Crippen LogP contribution in [0.5, 0.6) is 0 Å². The molecule has 0 heterocycles. The van der Waals surface area contributed by atoms with E-state index in [4.69, 9.17) is 0 Å². The Labute approximate surface area is 203 Å². The number of halogens is 7. The lowest BCUT2D eigenvalue weighted by Crippen LogP contribution is -2.53. The standard InChI is InChI=1S/C27H39F7O/c1-16(5-4-12-25(28,26(29,30)31)27(32,33)34)20-8-9-21-19-7-6-17-15-18(35)10-13-23(17,2)22(19)11-14-24(20,21)3/h6,16,18-22,35H,4-5,7-15H2,1-3H3/t16?,18-,19-,20+,21-,22-,23-,24+/m0/s1. The van der Waals surface area contributed by atoms with Gasteiger partial charge in [-0.2, -0.15) is 26.3 Å². The molecule has 4 rings (SSSR count). The van der Waals surface area contributed by atoms with Gasteiger partial charge in [-0.15, -0.1) is 0 Å². The van der Waals surface area contributed by atoms with Gasteiger partial charge in [-0.25, -0.2) is 4.39 Å². The molecule has 3 fully saturated rings. The molecule has 0 bridgehead atoms. The van der Waals surface area contributed by atoms with Crippen LogP contribution in [0.1, 0.15) is 91.4 Å². The number of fused-ring (bicyclic) bond motifs is 5. The smallest absolute Gasteiger partial charge is 0.393 e. The van der Waals surface area contributed by atoms with Gasteiger partial charge in [0, 0.05) is 0 Å². The maximum absolute atomic E-state index is 14.1. The second-order valence-electron chi connectivity index (χ2n) is 12.6. The van der Waals surface area contributed by atoms with Crippen LogP contribution < -0.4 is 0 Å². The second kappa shape index (κ2) is 8.90. The number of hydrogen-bond donors (Lipinski definition) is 1. The molecule has 0 aliphatic heterocycles. The van der Waals surface area contributed by atoms with Crippen LogP contribution in [-0.4, -0.2) is 29.2 Å². The van der Waals surface area contributed by atoms with Crippen LogP contribution in [0, 0.1) is 40.4 Å². The van der Waals surface area contributed by atoms with Crippen LogP contribution in [0.4, 0.5) is 30.7 Å². The van der Waals surface area contributed by atoms with Gasteiger partial charge in [0.05, 0.1) is 6.10 Å². The Morgan fingerprint density at radius 1 is 0.943 bits per heavy atom. The first-order valence-corrected chi connectivity index (χ1v) is 13.2. The maximum Gasteiger partial charge on any atom is 0.431 e. The van der Waals surface area contributed by atoms with Crippen molar-refractivity contribution >= 4 is 0 Å². The van der Waals surface area contributed by atoms with Gasteiger partial charge in [0.25, 0.3) is 5.67 Å². The van der Waals surface area contributed by atoms with Crippen LogP contribution in [0.25, 0.3) is 0 Å². The van der Waals surface area contributed by atoms with E-state index in [1.807, 2.05) is 6.92 Å². The third kappa shape index (κ3) is 4.35. The predicted molar refractivity (Wildman–Crippen MR) is 120 cm³/mol. The Kier molecular flexibility index (Phi) is 6.93. The van der Waals surface area contributed by atoms with Crippen LogP contribution >= 0.6 is 0 Å². The summed E-state index contributed by atoms with van der Waals surface area (Å²) in [6.07, 6.45) is -4.06. The zero-order valence-corrected chi connectivity index (χ0v) is 20.9. The summed E-state index contributed by atoms with van der Waals surface area (Å²) >= 11 is 0. The van der Waals surface area contributed by atoms with Gasteiger partial charge in [-0.1, -0.05) is 38.8 Å². The van der Waals surface area contributed by atoms with Crippen LogP contribution in [0.15, 0.2) is 11.6 Å². The lowest BCUT2D eigenvalue weighted by Gasteiger charge is -2.58. The summed E-state index contributed by atoms with van der Waals surface area (Å²) in [6.45, 7) is 6.55. The van der Waals surface area contributed by atoms with Crippen molar-refractivity contribution in [1.29, 1.82) is 0 Å². The number of rotatable bonds is 5. The Bertz CT molecular complexity index is 803. The topological polar surface area (TPSA) is 20.2 Å². The fourth-order valence-electron chi connectivity index (χ4n) is 8.93. The van der Waals surface area contributed by atoms with Crippen molar-refractivity contribution in [2.75, 3.05) is 0 Å². The first-order valence-electron chi connectivity index (χ1n) is 13.2. The fraction of sp³-hybridized carbons (Fsp3) is 0.926. The Morgan fingerprint density at radius 2 is 1.60 bits per heavy atom. The minimum atomic E-state index is -5.96. The van der Waals surface area contributed by atoms with Crippen molar-refractivity contribution in [3.8, 4) is 0 Å². The summed E-state index contributed by atoms with van der Waals surface area (Å²) < 4.78 is 91.6. The van der Waals surface area contributed by atoms with E-state index >= 15 is 0 Å². The predicted octanol–water partition coefficient (Wildman–Crippen LogP) is 8.57. The largest absolute Gasteiger partial charge is 0.431 e. The summed E-state index contributed by atoms with van der Waals surface area (Å²) in [7, 11) is 0. The average Bonchev–Trinajstić information content (AvgIpc) is 3.09. The van der Waals surface area contributed by atoms with Gasteiger partial charge in [0.2, 0.25) is 0 Å². The normalized spacial score (nSPS) is 41.0. The first kappa shape index (κ1) is 27.3. The second-order valence-corrected chi connectivity index (χ2v) is 12.6. The number of alkyl halides is 7. The lowest BCUT2D eigenvalue weighted by atomic mass is 9.47. The third-order valence-electron chi connectivity index (χ3n) is 10.9. The molecule has 4 aliphatic rings. The molecule has 1 N–H and O–H groups in total. The van der Waals surface area contributed by atoms with E-state index in [0.717, 1.165) is 51.4 Å². The zero-order chi connectivity index (χ0) is 26.0. The van der Waals surface area contributed by atoms with Crippen LogP contribution in [-0.2, 0) is 0 Å². The van der Waals surface area contributed by atoms with E-state index in [1.54, 1.807) is 0 Å². The van der Waals surface area contributed by atoms with Gasteiger partial charge in [-0.05, 0) is 105 Å². The number of allylic oxidation sites excluding steroid dienone is 1. The number of aliphatic hydroxyl groups excluding tert-OH is 1. The van der Waals surface area contributed by atoms with Crippen molar-refractivity contribution in [1.82, 2.24) is 0 Å². The van der Waals surface area contributed by atoms with Crippen LogP contribution in [0.3, 0.4) is 0 Å². The van der Waals surface area contributed by atoms with E-state index in [-0.39, 0.29) is 35.2 Å². The molecule has 0 aromatic carbocycles. The summed E-state index contributed by atoms with van der Waals surface area (Å²) in [5.41, 5.74) is -3.62. The monoisotopic (exact) mass is 512 g/mol. The summed E-state index contributed by atoms with van der Waals surface area (Å²) in [5.74, 6) is 1.76. The summed E-state index contributed by atoms with van der Waals surface area (Å²) in [4.78, 5) is 0. The SMILES string of the molecule is CC(CCCC(F)(C(F)(F)F)C(F)(F)F)[C@H]1CC[C@H]2[C@@H]3CC=C4C[C@@H](O)CC[C@]4(C)[C@H]3CC[C@]12C. The Balaban J connectivity index is 1.43. The molecule has 0 spiro atoms. The molecule has 0 saturated heterocycles. The highest BCUT2D eigenvalue weighted by atomic mass is 19.4. The van der Waals surface area contributed by atoms with Crippen molar-refractivity contribution < 1.29 is 35.8 Å². The highest BCUT2D eigenvalue weighted by Gasteiger charge is 2.71. The molecule has 35 heavy (non-hydrogen) atoms. The molecule has 1 unspecified atom stereocenters. The molecular formula is C27H39F7O. The van der Waals surface area contributed by atoms with E-state index in [9.17, 15) is 35.8 Å². The first-order chi connectivity index (χ1) is 16.0. The molecule has 1 nitrogen and oxygen atoms in total. The van der Waals surface area contributed by atoms with E-state index in [2.05, 4.69) is 19.9 Å². The summed E-state index contributed by atoms with van der Waals surface area (Å²) in [6, 6.07) is 0. The molecule has 0 amide bonds. The third-order valence-corrected chi connectivity index (χ3v) is 10.9. The maximum atomic E-state index is 14.1. The molecule has 4 aliphatic carbocycles. The van der Waals surface area contributed by atoms with Gasteiger partial charge >= 0.3 is 12.4 Å². The lowest BCUT2D eigenvalue weighted by molar-refractivity contribution is -0.343. The van der Waals surface area contributed by atoms with Crippen molar-refractivity contribution in [2.45, 2.75) is 116 Å². The molecule has 3 saturated carbocycles. The highest BCUT2D eigenvalue weighted by Crippen LogP contribution is 2.67. The molecule has 202 valence electrons. The zero-order valence-electron chi connectivity index (χ0n) is 20.9. The van der Waals surface area contributed by atoms with Gasteiger partial charge < -0.3 is 5.11 Å². The van der Waals surface area contributed by atoms with Gasteiger partial charge in [0.15, 0.2) is 0 Å². The quantitative estimate of drug-likeness (QED) is 0.289. The molecule has 0 aromatic rings. The Hall–Kier alpha value is -0.790. The Morgan fingerprint density at radius 3 is 2.23 bits per heavy atom. The van der Waals surface area contributed by atoms with Crippen molar-refractivity contribution in [3.05, 3.63) is 11.6 Å². The van der Waals surface area contributed by atoms with E-state index in [1.165, 1.54) is 5.57 Å². The molecule has 0 radical (unpaired) electrons. The number of aliphatic hydroxyl groups is 1. The fourth-order valence-corrected chi connectivity index (χ4v) is 8.93. The molecule has 0 aromatic heterocycles. The van der Waals surface area contributed by atoms with Crippen LogP contribution in [0.2, 0.25) is 0 Å². The molecular weight excluding hydrogens is 473 g/mol. The average molecular weight is 513 g/mol. The van der Waals surface area contributed by atoms with E-state index < -0.39 is 30.9 Å². The van der Waals surface area contributed by atoms with E-state index in [0.29, 0.717) is 17.8 Å². The van der Waals surface area contributed by atoms with Crippen molar-refractivity contribution in [2.24, 2.45) is 40.4 Å². The summed E-state index contributed by atoms with van der Waals surface area (Å²) in [5, 5.41) is 10.2. The minimum Gasteiger partial charge on any atom is -0.393 e. The number of hydrogen-bond acceptors (Lipinski definition) is 1.